The number of rotatable bonds is 3. The summed E-state index contributed by atoms with van der Waals surface area (Å²) in [7, 11) is 0. The fraction of sp³-hybridized carbons (Fsp3) is 1.00. The number of hydrogen-bond acceptors (Lipinski definition) is 3. The van der Waals surface area contributed by atoms with Crippen LogP contribution in [0.3, 0.4) is 0 Å². The molecule has 11 heavy (non-hydrogen) atoms. The van der Waals surface area contributed by atoms with Crippen LogP contribution in [0.2, 0.25) is 0 Å². The Balaban J connectivity index is 2.29. The lowest BCUT2D eigenvalue weighted by Gasteiger charge is -2.16. The van der Waals surface area contributed by atoms with Gasteiger partial charge >= 0.3 is 0 Å². The molecule has 0 bridgehead atoms. The first-order valence-electron chi connectivity index (χ1n) is 4.15. The molecule has 1 aliphatic rings. The van der Waals surface area contributed by atoms with E-state index >= 15 is 0 Å². The molecule has 3 atom stereocenters. The van der Waals surface area contributed by atoms with Crippen molar-refractivity contribution in [3.8, 4) is 0 Å². The van der Waals surface area contributed by atoms with Gasteiger partial charge in [-0.05, 0) is 12.8 Å². The molecular formula is C8H16O3. The van der Waals surface area contributed by atoms with E-state index < -0.39 is 0 Å². The number of hydrogen-bond donors (Lipinski definition) is 2. The van der Waals surface area contributed by atoms with E-state index in [0.717, 1.165) is 12.8 Å². The van der Waals surface area contributed by atoms with Gasteiger partial charge in [-0.2, -0.15) is 0 Å². The van der Waals surface area contributed by atoms with Crippen molar-refractivity contribution in [2.45, 2.75) is 32.0 Å². The summed E-state index contributed by atoms with van der Waals surface area (Å²) in [5.41, 5.74) is 0. The molecule has 1 rings (SSSR count). The predicted molar refractivity (Wildman–Crippen MR) is 41.2 cm³/mol. The molecule has 0 aromatic carbocycles. The Hall–Kier alpha value is -0.120. The maximum absolute atomic E-state index is 8.81. The first kappa shape index (κ1) is 8.97. The molecule has 1 saturated heterocycles. The molecule has 1 aliphatic heterocycles. The molecule has 0 amide bonds. The Labute approximate surface area is 67.0 Å². The summed E-state index contributed by atoms with van der Waals surface area (Å²) in [6.45, 7) is 2.24. The minimum Gasteiger partial charge on any atom is -0.396 e. The predicted octanol–water partition coefficient (Wildman–Crippen LogP) is 0.155. The maximum atomic E-state index is 8.81. The van der Waals surface area contributed by atoms with E-state index in [1.807, 2.05) is 6.92 Å². The van der Waals surface area contributed by atoms with E-state index in [-0.39, 0.29) is 31.3 Å². The van der Waals surface area contributed by atoms with Gasteiger partial charge in [-0.25, -0.2) is 0 Å². The third kappa shape index (κ3) is 2.15. The summed E-state index contributed by atoms with van der Waals surface area (Å²) in [6, 6.07) is 0. The van der Waals surface area contributed by atoms with Gasteiger partial charge in [0.25, 0.3) is 0 Å². The SMILES string of the molecule is C[C@@H](CO)[C@H]1CC[C@@H](CO)O1. The Morgan fingerprint density at radius 3 is 2.64 bits per heavy atom. The first-order chi connectivity index (χ1) is 5.27. The highest BCUT2D eigenvalue weighted by Gasteiger charge is 2.28. The maximum Gasteiger partial charge on any atom is 0.0810 e. The van der Waals surface area contributed by atoms with Crippen molar-refractivity contribution in [1.82, 2.24) is 0 Å². The molecule has 0 saturated carbocycles. The van der Waals surface area contributed by atoms with Crippen LogP contribution in [0.25, 0.3) is 0 Å². The van der Waals surface area contributed by atoms with E-state index in [9.17, 15) is 0 Å². The second-order valence-electron chi connectivity index (χ2n) is 3.22. The zero-order chi connectivity index (χ0) is 8.27. The quantitative estimate of drug-likeness (QED) is 0.618. The summed E-state index contributed by atoms with van der Waals surface area (Å²) in [5, 5.41) is 17.6. The van der Waals surface area contributed by atoms with Gasteiger partial charge in [0.1, 0.15) is 0 Å². The van der Waals surface area contributed by atoms with Crippen LogP contribution in [0.15, 0.2) is 0 Å². The average molecular weight is 160 g/mol. The molecule has 3 heteroatoms. The Kier molecular flexibility index (Phi) is 3.30. The van der Waals surface area contributed by atoms with Crippen LogP contribution < -0.4 is 0 Å². The van der Waals surface area contributed by atoms with Gasteiger partial charge in [-0.3, -0.25) is 0 Å². The first-order valence-corrected chi connectivity index (χ1v) is 4.15. The van der Waals surface area contributed by atoms with Gasteiger partial charge in [-0.1, -0.05) is 6.92 Å². The summed E-state index contributed by atoms with van der Waals surface area (Å²) < 4.78 is 5.45. The molecule has 0 radical (unpaired) electrons. The van der Waals surface area contributed by atoms with Gasteiger partial charge < -0.3 is 14.9 Å². The lowest BCUT2D eigenvalue weighted by Crippen LogP contribution is -2.22. The molecule has 0 unspecified atom stereocenters. The summed E-state index contributed by atoms with van der Waals surface area (Å²) in [5.74, 6) is 0.201. The lowest BCUT2D eigenvalue weighted by molar-refractivity contribution is -0.0215. The van der Waals surface area contributed by atoms with Gasteiger partial charge in [0, 0.05) is 12.5 Å². The minimum atomic E-state index is 0.00833. The highest BCUT2D eigenvalue weighted by atomic mass is 16.5. The lowest BCUT2D eigenvalue weighted by atomic mass is 10.0. The zero-order valence-electron chi connectivity index (χ0n) is 6.86. The largest absolute Gasteiger partial charge is 0.396 e. The highest BCUT2D eigenvalue weighted by Crippen LogP contribution is 2.24. The van der Waals surface area contributed by atoms with Crippen LogP contribution >= 0.6 is 0 Å². The summed E-state index contributed by atoms with van der Waals surface area (Å²) in [4.78, 5) is 0. The van der Waals surface area contributed by atoms with Crippen molar-refractivity contribution in [2.24, 2.45) is 5.92 Å². The van der Waals surface area contributed by atoms with Crippen LogP contribution in [0.4, 0.5) is 0 Å². The van der Waals surface area contributed by atoms with Crippen LogP contribution in [-0.2, 0) is 4.74 Å². The van der Waals surface area contributed by atoms with Crippen molar-refractivity contribution in [2.75, 3.05) is 13.2 Å². The minimum absolute atomic E-state index is 0.00833. The molecule has 1 heterocycles. The number of aliphatic hydroxyl groups excluding tert-OH is 2. The van der Waals surface area contributed by atoms with Gasteiger partial charge in [-0.15, -0.1) is 0 Å². The molecule has 3 nitrogen and oxygen atoms in total. The normalized spacial score (nSPS) is 34.1. The fourth-order valence-electron chi connectivity index (χ4n) is 1.40. The van der Waals surface area contributed by atoms with E-state index in [2.05, 4.69) is 0 Å². The van der Waals surface area contributed by atoms with E-state index in [1.54, 1.807) is 0 Å². The third-order valence-corrected chi connectivity index (χ3v) is 2.27. The van der Waals surface area contributed by atoms with Gasteiger partial charge in [0.05, 0.1) is 18.8 Å². The highest BCUT2D eigenvalue weighted by molar-refractivity contribution is 4.76. The standard InChI is InChI=1S/C8H16O3/c1-6(4-9)8-3-2-7(5-10)11-8/h6-10H,2-5H2,1H3/t6-,7-,8+/m0/s1. The Bertz CT molecular complexity index is 116. The van der Waals surface area contributed by atoms with Gasteiger partial charge in [0.2, 0.25) is 0 Å². The van der Waals surface area contributed by atoms with E-state index in [1.165, 1.54) is 0 Å². The third-order valence-electron chi connectivity index (χ3n) is 2.27. The van der Waals surface area contributed by atoms with Gasteiger partial charge in [0.15, 0.2) is 0 Å². The molecule has 2 N–H and O–H groups in total. The van der Waals surface area contributed by atoms with E-state index in [4.69, 9.17) is 14.9 Å². The number of aliphatic hydroxyl groups is 2. The van der Waals surface area contributed by atoms with Crippen molar-refractivity contribution >= 4 is 0 Å². The Morgan fingerprint density at radius 2 is 2.18 bits per heavy atom. The van der Waals surface area contributed by atoms with Crippen LogP contribution in [0.5, 0.6) is 0 Å². The van der Waals surface area contributed by atoms with Crippen molar-refractivity contribution in [3.63, 3.8) is 0 Å². The van der Waals surface area contributed by atoms with E-state index in [0.29, 0.717) is 0 Å². The fourth-order valence-corrected chi connectivity index (χ4v) is 1.40. The molecule has 66 valence electrons. The number of ether oxygens (including phenoxy) is 1. The van der Waals surface area contributed by atoms with Crippen molar-refractivity contribution < 1.29 is 14.9 Å². The molecular weight excluding hydrogens is 144 g/mol. The molecule has 0 aromatic rings. The van der Waals surface area contributed by atoms with Crippen LogP contribution in [0.1, 0.15) is 19.8 Å². The van der Waals surface area contributed by atoms with Crippen LogP contribution in [0, 0.1) is 5.92 Å². The zero-order valence-corrected chi connectivity index (χ0v) is 6.86. The summed E-state index contributed by atoms with van der Waals surface area (Å²) in [6.07, 6.45) is 2.05. The average Bonchev–Trinajstić information content (AvgIpc) is 2.50. The molecule has 0 aromatic heterocycles. The summed E-state index contributed by atoms with van der Waals surface area (Å²) >= 11 is 0. The molecule has 0 spiro atoms. The van der Waals surface area contributed by atoms with Crippen molar-refractivity contribution in [1.29, 1.82) is 0 Å². The monoisotopic (exact) mass is 160 g/mol. The van der Waals surface area contributed by atoms with Crippen LogP contribution in [-0.4, -0.2) is 35.6 Å². The van der Waals surface area contributed by atoms with Crippen molar-refractivity contribution in [3.05, 3.63) is 0 Å². The Morgan fingerprint density at radius 1 is 1.45 bits per heavy atom. The molecule has 1 fully saturated rings. The topological polar surface area (TPSA) is 49.7 Å². The molecule has 0 aliphatic carbocycles. The second-order valence-corrected chi connectivity index (χ2v) is 3.22. The smallest absolute Gasteiger partial charge is 0.0810 e. The second kappa shape index (κ2) is 4.04.